The van der Waals surface area contributed by atoms with Gasteiger partial charge in [0.2, 0.25) is 0 Å². The highest BCUT2D eigenvalue weighted by Crippen LogP contribution is 2.48. The lowest BCUT2D eigenvalue weighted by Crippen LogP contribution is -2.39. The number of carboxylic acid groups (broad SMARTS) is 1. The number of hydrogen-bond donors (Lipinski definition) is 1. The molecule has 0 saturated heterocycles. The quantitative estimate of drug-likeness (QED) is 0.762. The number of nitrogens with zero attached hydrogens (tertiary/aromatic N) is 1. The molecule has 158 valence electrons. The predicted molar refractivity (Wildman–Crippen MR) is 110 cm³/mol. The summed E-state index contributed by atoms with van der Waals surface area (Å²) in [4.78, 5) is 41.4. The molecule has 1 unspecified atom stereocenters. The Bertz CT molecular complexity index is 996. The normalized spacial score (nSPS) is 23.5. The van der Waals surface area contributed by atoms with Crippen LogP contribution in [0.1, 0.15) is 50.0 Å². The monoisotopic (exact) mass is 431 g/mol. The minimum atomic E-state index is -1.14. The van der Waals surface area contributed by atoms with Gasteiger partial charge >= 0.3 is 5.97 Å². The third kappa shape index (κ3) is 3.62. The third-order valence-corrected chi connectivity index (χ3v) is 6.15. The molecule has 1 aliphatic heterocycles. The van der Waals surface area contributed by atoms with Crippen LogP contribution in [0, 0.1) is 5.92 Å². The van der Waals surface area contributed by atoms with E-state index < -0.39 is 24.4 Å². The molecule has 0 spiro atoms. The van der Waals surface area contributed by atoms with Crippen molar-refractivity contribution in [1.29, 1.82) is 0 Å². The summed E-state index contributed by atoms with van der Waals surface area (Å²) in [5.41, 5.74) is 2.89. The number of ether oxygens (including phenoxy) is 2. The summed E-state index contributed by atoms with van der Waals surface area (Å²) in [5, 5.41) is 9.07. The van der Waals surface area contributed by atoms with Crippen molar-refractivity contribution in [2.75, 3.05) is 13.7 Å². The minimum Gasteiger partial charge on any atom is -0.493 e. The Morgan fingerprint density at radius 1 is 1.17 bits per heavy atom. The van der Waals surface area contributed by atoms with Crippen molar-refractivity contribution in [2.24, 2.45) is 10.9 Å². The van der Waals surface area contributed by atoms with Crippen LogP contribution in [0.2, 0.25) is 5.02 Å². The Morgan fingerprint density at radius 3 is 2.67 bits per heavy atom. The van der Waals surface area contributed by atoms with Gasteiger partial charge in [-0.3, -0.25) is 14.6 Å². The molecule has 1 saturated carbocycles. The number of benzene rings is 1. The van der Waals surface area contributed by atoms with Crippen LogP contribution < -0.4 is 9.47 Å². The van der Waals surface area contributed by atoms with E-state index in [4.69, 9.17) is 31.2 Å². The highest BCUT2D eigenvalue weighted by Gasteiger charge is 2.44. The molecule has 30 heavy (non-hydrogen) atoms. The van der Waals surface area contributed by atoms with E-state index in [1.54, 1.807) is 12.1 Å². The molecule has 0 aromatic heterocycles. The van der Waals surface area contributed by atoms with Crippen LogP contribution in [-0.4, -0.2) is 42.1 Å². The van der Waals surface area contributed by atoms with E-state index in [1.165, 1.54) is 7.11 Å². The van der Waals surface area contributed by atoms with E-state index in [-0.39, 0.29) is 28.1 Å². The number of rotatable bonds is 5. The highest BCUT2D eigenvalue weighted by atomic mass is 35.5. The van der Waals surface area contributed by atoms with Crippen LogP contribution >= 0.6 is 11.6 Å². The molecule has 1 N–H and O–H groups in total. The number of aliphatic imine (C=N–C) groups is 1. The molecule has 0 bridgehead atoms. The van der Waals surface area contributed by atoms with Crippen molar-refractivity contribution >= 4 is 34.8 Å². The van der Waals surface area contributed by atoms with E-state index in [9.17, 15) is 14.4 Å². The molecule has 7 nitrogen and oxygen atoms in total. The average Bonchev–Trinajstić information content (AvgIpc) is 2.71. The number of halogens is 1. The van der Waals surface area contributed by atoms with E-state index in [0.29, 0.717) is 30.4 Å². The van der Waals surface area contributed by atoms with Gasteiger partial charge < -0.3 is 14.6 Å². The van der Waals surface area contributed by atoms with Gasteiger partial charge in [0.05, 0.1) is 18.1 Å². The van der Waals surface area contributed by atoms with Gasteiger partial charge in [0.15, 0.2) is 23.9 Å². The number of hydrogen-bond acceptors (Lipinski definition) is 6. The zero-order valence-corrected chi connectivity index (χ0v) is 17.3. The first kappa shape index (κ1) is 20.6. The summed E-state index contributed by atoms with van der Waals surface area (Å²) >= 11 is 6.42. The van der Waals surface area contributed by atoms with Crippen molar-refractivity contribution < 1.29 is 29.0 Å². The summed E-state index contributed by atoms with van der Waals surface area (Å²) < 4.78 is 10.7. The highest BCUT2D eigenvalue weighted by molar-refractivity contribution is 6.32. The molecule has 1 aromatic rings. The van der Waals surface area contributed by atoms with Crippen molar-refractivity contribution in [1.82, 2.24) is 0 Å². The van der Waals surface area contributed by atoms with Crippen molar-refractivity contribution in [3.63, 3.8) is 0 Å². The SMILES string of the molecule is COc1cc([C@H]2C3=C(CCCC3=O)N=C3CCCC(=O)C32)cc(Cl)c1OCC(=O)O. The van der Waals surface area contributed by atoms with Crippen molar-refractivity contribution in [3.05, 3.63) is 34.0 Å². The molecule has 1 heterocycles. The number of carbonyl (C=O) groups excluding carboxylic acids is 2. The van der Waals surface area contributed by atoms with Crippen LogP contribution in [0.15, 0.2) is 28.4 Å². The maximum absolute atomic E-state index is 12.9. The number of ketones is 2. The van der Waals surface area contributed by atoms with Crippen LogP contribution in [-0.2, 0) is 14.4 Å². The average molecular weight is 432 g/mol. The molecule has 2 atom stereocenters. The molecular weight excluding hydrogens is 410 g/mol. The molecule has 3 aliphatic rings. The van der Waals surface area contributed by atoms with Crippen LogP contribution in [0.5, 0.6) is 11.5 Å². The maximum Gasteiger partial charge on any atom is 0.341 e. The summed E-state index contributed by atoms with van der Waals surface area (Å²) in [7, 11) is 1.43. The van der Waals surface area contributed by atoms with Crippen LogP contribution in [0.3, 0.4) is 0 Å². The fourth-order valence-electron chi connectivity index (χ4n) is 4.65. The minimum absolute atomic E-state index is 0.0173. The summed E-state index contributed by atoms with van der Waals surface area (Å²) in [5.74, 6) is -1.61. The summed E-state index contributed by atoms with van der Waals surface area (Å²) in [6, 6.07) is 3.33. The predicted octanol–water partition coefficient (Wildman–Crippen LogP) is 3.73. The van der Waals surface area contributed by atoms with Crippen molar-refractivity contribution in [2.45, 2.75) is 44.4 Å². The number of carboxylic acids is 1. The number of allylic oxidation sites excluding steroid dienone is 2. The molecule has 0 radical (unpaired) electrons. The first-order valence-corrected chi connectivity index (χ1v) is 10.4. The Labute approximate surface area is 178 Å². The number of aliphatic carboxylic acids is 1. The first-order valence-electron chi connectivity index (χ1n) is 9.99. The Balaban J connectivity index is 1.84. The molecule has 0 amide bonds. The second kappa shape index (κ2) is 8.22. The van der Waals surface area contributed by atoms with E-state index in [0.717, 1.165) is 30.7 Å². The van der Waals surface area contributed by atoms with Gasteiger partial charge in [-0.2, -0.15) is 0 Å². The third-order valence-electron chi connectivity index (χ3n) is 5.86. The van der Waals surface area contributed by atoms with Gasteiger partial charge in [0, 0.05) is 35.7 Å². The summed E-state index contributed by atoms with van der Waals surface area (Å²) in [6.07, 6.45) is 3.87. The molecular formula is C22H22ClNO6. The Kier molecular flexibility index (Phi) is 5.64. The number of fused-ring (bicyclic) bond motifs is 1. The van der Waals surface area contributed by atoms with E-state index >= 15 is 0 Å². The van der Waals surface area contributed by atoms with Gasteiger partial charge in [-0.1, -0.05) is 11.6 Å². The van der Waals surface area contributed by atoms with E-state index in [2.05, 4.69) is 0 Å². The number of carbonyl (C=O) groups is 3. The van der Waals surface area contributed by atoms with Crippen LogP contribution in [0.4, 0.5) is 0 Å². The lowest BCUT2D eigenvalue weighted by atomic mass is 9.67. The first-order chi connectivity index (χ1) is 14.4. The van der Waals surface area contributed by atoms with Gasteiger partial charge in [0.25, 0.3) is 0 Å². The van der Waals surface area contributed by atoms with Crippen molar-refractivity contribution in [3.8, 4) is 11.5 Å². The Morgan fingerprint density at radius 2 is 1.93 bits per heavy atom. The van der Waals surface area contributed by atoms with Gasteiger partial charge in [-0.25, -0.2) is 4.79 Å². The topological polar surface area (TPSA) is 102 Å². The number of methoxy groups -OCH3 is 1. The Hall–Kier alpha value is -2.67. The van der Waals surface area contributed by atoms with Crippen LogP contribution in [0.25, 0.3) is 0 Å². The second-order valence-electron chi connectivity index (χ2n) is 7.73. The maximum atomic E-state index is 12.9. The molecule has 2 aliphatic carbocycles. The molecule has 1 aromatic carbocycles. The fourth-order valence-corrected chi connectivity index (χ4v) is 4.93. The zero-order chi connectivity index (χ0) is 21.4. The van der Waals surface area contributed by atoms with Gasteiger partial charge in [-0.15, -0.1) is 0 Å². The molecule has 1 fully saturated rings. The standard InChI is InChI=1S/C22H22ClNO6/c1-29-17-9-11(8-12(23)22(17)30-10-18(27)28)19-20-13(4-2-6-15(20)25)24-14-5-3-7-16(26)21(14)19/h8-9,19-20H,2-7,10H2,1H3,(H,27,28)/t19-,20?/m1/s1. The zero-order valence-electron chi connectivity index (χ0n) is 16.6. The fraction of sp³-hybridized carbons (Fsp3) is 0.455. The second-order valence-corrected chi connectivity index (χ2v) is 8.14. The lowest BCUT2D eigenvalue weighted by molar-refractivity contribution is -0.139. The van der Waals surface area contributed by atoms with E-state index in [1.807, 2.05) is 0 Å². The molecule has 8 heteroatoms. The lowest BCUT2D eigenvalue weighted by Gasteiger charge is -2.38. The molecule has 4 rings (SSSR count). The largest absolute Gasteiger partial charge is 0.493 e. The van der Waals surface area contributed by atoms with Gasteiger partial charge in [-0.05, 0) is 43.4 Å². The summed E-state index contributed by atoms with van der Waals surface area (Å²) in [6.45, 7) is -0.565. The smallest absolute Gasteiger partial charge is 0.341 e. The number of Topliss-reactive ketones (excluding diaryl/α,β-unsaturated/α-hetero) is 2. The van der Waals surface area contributed by atoms with Gasteiger partial charge in [0.1, 0.15) is 5.78 Å².